The molecule has 0 amide bonds. The molecule has 118 valence electrons. The normalized spacial score (nSPS) is 10.6. The van der Waals surface area contributed by atoms with E-state index in [2.05, 4.69) is 20.5 Å². The molecule has 22 heavy (non-hydrogen) atoms. The molecule has 1 heterocycles. The number of aromatic nitrogens is 3. The van der Waals surface area contributed by atoms with Gasteiger partial charge >= 0.3 is 0 Å². The topological polar surface area (TPSA) is 90.9 Å². The van der Waals surface area contributed by atoms with Gasteiger partial charge in [0.25, 0.3) is 5.56 Å². The van der Waals surface area contributed by atoms with Crippen LogP contribution in [0.5, 0.6) is 0 Å². The smallest absolute Gasteiger partial charge is 0.274 e. The second-order valence-electron chi connectivity index (χ2n) is 4.96. The minimum absolute atomic E-state index is 0.189. The van der Waals surface area contributed by atoms with Gasteiger partial charge in [0.1, 0.15) is 11.5 Å². The van der Waals surface area contributed by atoms with Crippen molar-refractivity contribution < 1.29 is 9.50 Å². The van der Waals surface area contributed by atoms with Crippen molar-refractivity contribution in [1.82, 2.24) is 15.2 Å². The molecule has 6 nitrogen and oxygen atoms in total. The average molecular weight is 306 g/mol. The monoisotopic (exact) mass is 306 g/mol. The number of hydrogen-bond donors (Lipinski definition) is 3. The van der Waals surface area contributed by atoms with Crippen LogP contribution in [-0.4, -0.2) is 33.4 Å². The Kier molecular flexibility index (Phi) is 6.02. The Morgan fingerprint density at radius 2 is 1.91 bits per heavy atom. The van der Waals surface area contributed by atoms with Gasteiger partial charge in [-0.05, 0) is 37.0 Å². The third-order valence-corrected chi connectivity index (χ3v) is 3.18. The summed E-state index contributed by atoms with van der Waals surface area (Å²) in [6.07, 6.45) is 2.85. The molecule has 0 unspecified atom stereocenters. The third-order valence-electron chi connectivity index (χ3n) is 3.18. The fraction of sp³-hybridized carbons (Fsp3) is 0.400. The third kappa shape index (κ3) is 4.92. The average Bonchev–Trinajstić information content (AvgIpc) is 2.52. The Morgan fingerprint density at radius 1 is 1.14 bits per heavy atom. The number of aromatic amines is 1. The lowest BCUT2D eigenvalue weighted by atomic mass is 10.1. The van der Waals surface area contributed by atoms with Crippen LogP contribution < -0.4 is 10.9 Å². The van der Waals surface area contributed by atoms with E-state index < -0.39 is 0 Å². The zero-order valence-electron chi connectivity index (χ0n) is 12.2. The number of rotatable bonds is 8. The highest BCUT2D eigenvalue weighted by Crippen LogP contribution is 2.06. The first-order valence-electron chi connectivity index (χ1n) is 7.24. The molecule has 1 aromatic carbocycles. The predicted molar refractivity (Wildman–Crippen MR) is 81.3 cm³/mol. The second kappa shape index (κ2) is 8.23. The summed E-state index contributed by atoms with van der Waals surface area (Å²) in [6.45, 7) is 0.844. The van der Waals surface area contributed by atoms with Crippen LogP contribution in [0.25, 0.3) is 0 Å². The Hall–Kier alpha value is -2.28. The zero-order valence-corrected chi connectivity index (χ0v) is 12.2. The van der Waals surface area contributed by atoms with E-state index in [1.54, 1.807) is 12.1 Å². The van der Waals surface area contributed by atoms with Crippen molar-refractivity contribution in [1.29, 1.82) is 0 Å². The molecule has 0 spiro atoms. The Bertz CT molecular complexity index is 643. The summed E-state index contributed by atoms with van der Waals surface area (Å²) in [5.41, 5.74) is 0.778. The second-order valence-corrected chi connectivity index (χ2v) is 4.96. The summed E-state index contributed by atoms with van der Waals surface area (Å²) in [5, 5.41) is 19.5. The number of nitrogens with one attached hydrogen (secondary N) is 2. The molecule has 0 saturated carbocycles. The minimum Gasteiger partial charge on any atom is -0.396 e. The number of nitrogens with zero attached hydrogens (tertiary/aromatic N) is 2. The summed E-state index contributed by atoms with van der Waals surface area (Å²) in [7, 11) is 0. The van der Waals surface area contributed by atoms with Crippen LogP contribution in [0.15, 0.2) is 29.1 Å². The molecule has 0 atom stereocenters. The van der Waals surface area contributed by atoms with Gasteiger partial charge in [0.05, 0.1) is 0 Å². The van der Waals surface area contributed by atoms with Crippen LogP contribution in [0, 0.1) is 5.82 Å². The van der Waals surface area contributed by atoms with Crippen LogP contribution in [0.4, 0.5) is 10.3 Å². The van der Waals surface area contributed by atoms with E-state index in [0.29, 0.717) is 18.9 Å². The summed E-state index contributed by atoms with van der Waals surface area (Å²) in [6, 6.07) is 5.92. The molecule has 0 fully saturated rings. The van der Waals surface area contributed by atoms with Gasteiger partial charge in [0.2, 0.25) is 5.95 Å². The molecule has 3 N–H and O–H groups in total. The van der Waals surface area contributed by atoms with E-state index >= 15 is 0 Å². The van der Waals surface area contributed by atoms with Crippen LogP contribution >= 0.6 is 0 Å². The molecule has 0 radical (unpaired) electrons. The van der Waals surface area contributed by atoms with Crippen LogP contribution in [0.1, 0.15) is 30.5 Å². The first-order chi connectivity index (χ1) is 10.7. The fourth-order valence-electron chi connectivity index (χ4n) is 1.97. The van der Waals surface area contributed by atoms with Gasteiger partial charge in [0.15, 0.2) is 0 Å². The number of anilines is 1. The first kappa shape index (κ1) is 16.1. The van der Waals surface area contributed by atoms with Crippen molar-refractivity contribution in [2.45, 2.75) is 25.7 Å². The highest BCUT2D eigenvalue weighted by Gasteiger charge is 2.06. The van der Waals surface area contributed by atoms with Crippen molar-refractivity contribution in [2.75, 3.05) is 18.5 Å². The molecule has 2 rings (SSSR count). The summed E-state index contributed by atoms with van der Waals surface area (Å²) in [5.74, 6) is 0.0151. The van der Waals surface area contributed by atoms with Gasteiger partial charge in [-0.1, -0.05) is 12.1 Å². The molecule has 0 aliphatic rings. The quantitative estimate of drug-likeness (QED) is 0.642. The summed E-state index contributed by atoms with van der Waals surface area (Å²) in [4.78, 5) is 14.6. The standard InChI is InChI=1S/C15H19FN4O2/c16-12-6-4-11(5-7-12)10-13-14(22)18-15(20-19-13)17-8-2-1-3-9-21/h4-7,21H,1-3,8-10H2,(H2,17,18,20,22). The summed E-state index contributed by atoms with van der Waals surface area (Å²) < 4.78 is 12.8. The highest BCUT2D eigenvalue weighted by atomic mass is 19.1. The number of halogens is 1. The molecule has 0 saturated heterocycles. The molecular weight excluding hydrogens is 287 g/mol. The molecule has 0 aliphatic carbocycles. The molecule has 2 aromatic rings. The number of hydrogen-bond acceptors (Lipinski definition) is 5. The van der Waals surface area contributed by atoms with E-state index in [1.165, 1.54) is 12.1 Å². The van der Waals surface area contributed by atoms with Gasteiger partial charge in [-0.15, -0.1) is 10.2 Å². The van der Waals surface area contributed by atoms with E-state index in [9.17, 15) is 9.18 Å². The Labute approximate surface area is 127 Å². The number of aliphatic hydroxyl groups is 1. The van der Waals surface area contributed by atoms with Crippen LogP contribution in [0.3, 0.4) is 0 Å². The lowest BCUT2D eigenvalue weighted by molar-refractivity contribution is 0.283. The number of unbranched alkanes of at least 4 members (excludes halogenated alkanes) is 2. The van der Waals surface area contributed by atoms with Gasteiger partial charge in [-0.3, -0.25) is 9.78 Å². The van der Waals surface area contributed by atoms with Crippen LogP contribution in [-0.2, 0) is 6.42 Å². The van der Waals surface area contributed by atoms with Crippen molar-refractivity contribution in [3.05, 3.63) is 51.7 Å². The largest absolute Gasteiger partial charge is 0.396 e. The van der Waals surface area contributed by atoms with E-state index in [4.69, 9.17) is 5.11 Å². The number of benzene rings is 1. The zero-order chi connectivity index (χ0) is 15.8. The minimum atomic E-state index is -0.315. The number of H-pyrrole nitrogens is 1. The van der Waals surface area contributed by atoms with Gasteiger partial charge in [-0.25, -0.2) is 4.39 Å². The van der Waals surface area contributed by atoms with E-state index in [1.807, 2.05) is 0 Å². The maximum Gasteiger partial charge on any atom is 0.274 e. The predicted octanol–water partition coefficient (Wildman–Crippen LogP) is 1.47. The lowest BCUT2D eigenvalue weighted by Crippen LogP contribution is -2.20. The number of aliphatic hydroxyl groups excluding tert-OH is 1. The van der Waals surface area contributed by atoms with Crippen molar-refractivity contribution in [3.63, 3.8) is 0 Å². The van der Waals surface area contributed by atoms with Crippen LogP contribution in [0.2, 0.25) is 0 Å². The Balaban J connectivity index is 1.92. The van der Waals surface area contributed by atoms with E-state index in [0.717, 1.165) is 24.8 Å². The molecule has 7 heteroatoms. The first-order valence-corrected chi connectivity index (χ1v) is 7.24. The molecule has 0 aliphatic heterocycles. The molecular formula is C15H19FN4O2. The highest BCUT2D eigenvalue weighted by molar-refractivity contribution is 5.24. The maximum atomic E-state index is 12.8. The van der Waals surface area contributed by atoms with Gasteiger partial charge < -0.3 is 10.4 Å². The van der Waals surface area contributed by atoms with E-state index in [-0.39, 0.29) is 23.7 Å². The molecule has 1 aromatic heterocycles. The van der Waals surface area contributed by atoms with Gasteiger partial charge in [-0.2, -0.15) is 0 Å². The van der Waals surface area contributed by atoms with Crippen molar-refractivity contribution >= 4 is 5.95 Å². The fourth-order valence-corrected chi connectivity index (χ4v) is 1.97. The van der Waals surface area contributed by atoms with Crippen molar-refractivity contribution in [2.24, 2.45) is 0 Å². The molecule has 0 bridgehead atoms. The lowest BCUT2D eigenvalue weighted by Gasteiger charge is -2.05. The van der Waals surface area contributed by atoms with Gasteiger partial charge in [0, 0.05) is 19.6 Å². The maximum absolute atomic E-state index is 12.8. The van der Waals surface area contributed by atoms with Crippen molar-refractivity contribution in [3.8, 4) is 0 Å². The summed E-state index contributed by atoms with van der Waals surface area (Å²) >= 11 is 0. The Morgan fingerprint density at radius 3 is 2.59 bits per heavy atom. The SMILES string of the molecule is O=c1[nH]c(NCCCCCO)nnc1Cc1ccc(F)cc1.